The summed E-state index contributed by atoms with van der Waals surface area (Å²) in [4.78, 5) is 11.7. The zero-order valence-corrected chi connectivity index (χ0v) is 11.1. The first-order chi connectivity index (χ1) is 8.24. The highest BCUT2D eigenvalue weighted by Gasteiger charge is 2.17. The molecule has 100 valence electrons. The molecule has 0 saturated heterocycles. The van der Waals surface area contributed by atoms with Crippen molar-refractivity contribution in [1.29, 1.82) is 0 Å². The Labute approximate surface area is 104 Å². The van der Waals surface area contributed by atoms with Crippen molar-refractivity contribution in [2.24, 2.45) is 5.92 Å². The number of carbonyl (C=O) groups excluding carboxylic acids is 1. The monoisotopic (exact) mass is 242 g/mol. The Morgan fingerprint density at radius 3 is 2.76 bits per heavy atom. The van der Waals surface area contributed by atoms with Gasteiger partial charge in [-0.2, -0.15) is 0 Å². The molecule has 1 rings (SSSR count). The fourth-order valence-corrected chi connectivity index (χ4v) is 2.23. The normalized spacial score (nSPS) is 18.2. The predicted octanol–water partition coefficient (Wildman–Crippen LogP) is 1.31. The van der Waals surface area contributed by atoms with Crippen LogP contribution in [0.2, 0.25) is 0 Å². The summed E-state index contributed by atoms with van der Waals surface area (Å²) in [6.07, 6.45) is 6.20. The number of ether oxygens (including phenoxy) is 1. The van der Waals surface area contributed by atoms with Crippen LogP contribution in [0.5, 0.6) is 0 Å². The largest absolute Gasteiger partial charge is 0.385 e. The van der Waals surface area contributed by atoms with E-state index in [0.29, 0.717) is 13.2 Å². The molecule has 1 unspecified atom stereocenters. The average molecular weight is 242 g/mol. The van der Waals surface area contributed by atoms with E-state index in [9.17, 15) is 4.79 Å². The van der Waals surface area contributed by atoms with Gasteiger partial charge in [0.1, 0.15) is 0 Å². The summed E-state index contributed by atoms with van der Waals surface area (Å²) < 4.78 is 4.93. The lowest BCUT2D eigenvalue weighted by atomic mass is 10.1. The summed E-state index contributed by atoms with van der Waals surface area (Å²) in [7, 11) is 1.67. The second-order valence-corrected chi connectivity index (χ2v) is 4.92. The van der Waals surface area contributed by atoms with Gasteiger partial charge in [0.15, 0.2) is 0 Å². The number of carbonyl (C=O) groups is 1. The Bertz CT molecular complexity index is 215. The number of nitrogens with one attached hydrogen (secondary N) is 2. The summed E-state index contributed by atoms with van der Waals surface area (Å²) in [6, 6.07) is -0.0851. The molecule has 0 spiro atoms. The van der Waals surface area contributed by atoms with Crippen molar-refractivity contribution in [1.82, 2.24) is 10.6 Å². The molecule has 1 amide bonds. The number of hydrogen-bond acceptors (Lipinski definition) is 3. The third kappa shape index (κ3) is 6.03. The van der Waals surface area contributed by atoms with Gasteiger partial charge >= 0.3 is 0 Å². The Hall–Kier alpha value is -0.610. The Morgan fingerprint density at radius 1 is 1.41 bits per heavy atom. The van der Waals surface area contributed by atoms with Crippen LogP contribution in [-0.4, -0.2) is 38.8 Å². The highest BCUT2D eigenvalue weighted by molar-refractivity contribution is 5.81. The van der Waals surface area contributed by atoms with Gasteiger partial charge in [-0.15, -0.1) is 0 Å². The van der Waals surface area contributed by atoms with Crippen LogP contribution >= 0.6 is 0 Å². The lowest BCUT2D eigenvalue weighted by Crippen LogP contribution is -2.44. The van der Waals surface area contributed by atoms with Crippen LogP contribution in [0.3, 0.4) is 0 Å². The molecule has 4 nitrogen and oxygen atoms in total. The van der Waals surface area contributed by atoms with Crippen molar-refractivity contribution >= 4 is 5.91 Å². The van der Waals surface area contributed by atoms with Crippen molar-refractivity contribution in [2.45, 2.75) is 45.1 Å². The van der Waals surface area contributed by atoms with E-state index in [0.717, 1.165) is 18.9 Å². The van der Waals surface area contributed by atoms with Crippen LogP contribution in [0.15, 0.2) is 0 Å². The van der Waals surface area contributed by atoms with Gasteiger partial charge in [0.05, 0.1) is 6.04 Å². The summed E-state index contributed by atoms with van der Waals surface area (Å²) in [6.45, 7) is 4.31. The van der Waals surface area contributed by atoms with Crippen molar-refractivity contribution in [2.75, 3.05) is 26.8 Å². The number of methoxy groups -OCH3 is 1. The lowest BCUT2D eigenvalue weighted by molar-refractivity contribution is -0.122. The van der Waals surface area contributed by atoms with E-state index in [1.807, 2.05) is 6.92 Å². The summed E-state index contributed by atoms with van der Waals surface area (Å²) >= 11 is 0. The molecule has 0 radical (unpaired) electrons. The zero-order valence-electron chi connectivity index (χ0n) is 11.1. The van der Waals surface area contributed by atoms with Crippen molar-refractivity contribution < 1.29 is 9.53 Å². The first kappa shape index (κ1) is 14.5. The van der Waals surface area contributed by atoms with E-state index >= 15 is 0 Å². The fraction of sp³-hybridized carbons (Fsp3) is 0.923. The molecule has 1 saturated carbocycles. The SMILES string of the molecule is COCCCNC(=O)C(C)NCC1CCCC1. The van der Waals surface area contributed by atoms with E-state index in [4.69, 9.17) is 4.74 Å². The van der Waals surface area contributed by atoms with Gasteiger partial charge in [-0.05, 0) is 38.6 Å². The minimum absolute atomic E-state index is 0.0851. The van der Waals surface area contributed by atoms with Crippen LogP contribution in [0.4, 0.5) is 0 Å². The van der Waals surface area contributed by atoms with Crippen LogP contribution in [-0.2, 0) is 9.53 Å². The molecule has 0 aromatic heterocycles. The minimum atomic E-state index is -0.0851. The van der Waals surface area contributed by atoms with Gasteiger partial charge in [0, 0.05) is 20.3 Å². The average Bonchev–Trinajstić information content (AvgIpc) is 2.84. The maximum atomic E-state index is 11.7. The van der Waals surface area contributed by atoms with Crippen LogP contribution < -0.4 is 10.6 Å². The first-order valence-corrected chi connectivity index (χ1v) is 6.74. The Kier molecular flexibility index (Phi) is 7.21. The number of amides is 1. The Morgan fingerprint density at radius 2 is 2.12 bits per heavy atom. The first-order valence-electron chi connectivity index (χ1n) is 6.74. The van der Waals surface area contributed by atoms with Crippen LogP contribution in [0.1, 0.15) is 39.0 Å². The van der Waals surface area contributed by atoms with Gasteiger partial charge in [0.2, 0.25) is 5.91 Å². The molecule has 17 heavy (non-hydrogen) atoms. The molecule has 0 heterocycles. The fourth-order valence-electron chi connectivity index (χ4n) is 2.23. The van der Waals surface area contributed by atoms with E-state index in [2.05, 4.69) is 10.6 Å². The lowest BCUT2D eigenvalue weighted by Gasteiger charge is -2.16. The van der Waals surface area contributed by atoms with E-state index in [-0.39, 0.29) is 11.9 Å². The molecule has 1 atom stereocenters. The van der Waals surface area contributed by atoms with Crippen LogP contribution in [0.25, 0.3) is 0 Å². The second kappa shape index (κ2) is 8.48. The molecule has 1 aliphatic rings. The molecule has 0 bridgehead atoms. The second-order valence-electron chi connectivity index (χ2n) is 4.92. The van der Waals surface area contributed by atoms with E-state index in [1.54, 1.807) is 7.11 Å². The third-order valence-corrected chi connectivity index (χ3v) is 3.41. The summed E-state index contributed by atoms with van der Waals surface area (Å²) in [5.74, 6) is 0.873. The molecular weight excluding hydrogens is 216 g/mol. The molecule has 1 aliphatic carbocycles. The van der Waals surface area contributed by atoms with Crippen molar-refractivity contribution in [3.63, 3.8) is 0 Å². The van der Waals surface area contributed by atoms with Gasteiger partial charge in [-0.1, -0.05) is 12.8 Å². The topological polar surface area (TPSA) is 50.4 Å². The standard InChI is InChI=1S/C13H26N2O2/c1-11(13(16)14-8-5-9-17-2)15-10-12-6-3-4-7-12/h11-12,15H,3-10H2,1-2H3,(H,14,16). The third-order valence-electron chi connectivity index (χ3n) is 3.41. The number of rotatable bonds is 8. The molecule has 4 heteroatoms. The van der Waals surface area contributed by atoms with Gasteiger partial charge < -0.3 is 15.4 Å². The molecule has 0 aromatic carbocycles. The molecule has 0 aliphatic heterocycles. The maximum Gasteiger partial charge on any atom is 0.236 e. The van der Waals surface area contributed by atoms with E-state index in [1.165, 1.54) is 25.7 Å². The molecule has 2 N–H and O–H groups in total. The minimum Gasteiger partial charge on any atom is -0.385 e. The molecule has 1 fully saturated rings. The van der Waals surface area contributed by atoms with Gasteiger partial charge in [-0.3, -0.25) is 4.79 Å². The molecule has 0 aromatic rings. The van der Waals surface area contributed by atoms with Crippen LogP contribution in [0, 0.1) is 5.92 Å². The predicted molar refractivity (Wildman–Crippen MR) is 68.9 cm³/mol. The quantitative estimate of drug-likeness (QED) is 0.631. The Balaban J connectivity index is 2.04. The molecular formula is C13H26N2O2. The zero-order chi connectivity index (χ0) is 12.5. The van der Waals surface area contributed by atoms with E-state index < -0.39 is 0 Å². The summed E-state index contributed by atoms with van der Waals surface area (Å²) in [5, 5.41) is 6.23. The maximum absolute atomic E-state index is 11.7. The smallest absolute Gasteiger partial charge is 0.236 e. The highest BCUT2D eigenvalue weighted by atomic mass is 16.5. The number of hydrogen-bond donors (Lipinski definition) is 2. The highest BCUT2D eigenvalue weighted by Crippen LogP contribution is 2.23. The van der Waals surface area contributed by atoms with Crippen molar-refractivity contribution in [3.8, 4) is 0 Å². The van der Waals surface area contributed by atoms with Gasteiger partial charge in [-0.25, -0.2) is 0 Å². The van der Waals surface area contributed by atoms with Gasteiger partial charge in [0.25, 0.3) is 0 Å². The van der Waals surface area contributed by atoms with Crippen molar-refractivity contribution in [3.05, 3.63) is 0 Å². The summed E-state index contributed by atoms with van der Waals surface area (Å²) in [5.41, 5.74) is 0.